The molecule has 0 fully saturated rings. The smallest absolute Gasteiger partial charge is 0.375 e. The number of methoxy groups -OCH3 is 1. The maximum atomic E-state index is 6.14. The molecule has 0 aliphatic rings. The number of nitrogens with zero attached hydrogens (tertiary/aromatic N) is 2. The Morgan fingerprint density at radius 3 is 2.74 bits per heavy atom. The molecule has 2 heterocycles. The molecule has 23 heavy (non-hydrogen) atoms. The molecule has 2 aromatic heterocycles. The largest absolute Gasteiger partial charge is 0.497 e. The van der Waals surface area contributed by atoms with Crippen LogP contribution in [0.4, 0.5) is 0 Å². The van der Waals surface area contributed by atoms with Crippen LogP contribution in [0.15, 0.2) is 52.9 Å². The van der Waals surface area contributed by atoms with Gasteiger partial charge in [0.25, 0.3) is 0 Å². The maximum absolute atomic E-state index is 6.14. The Kier molecular flexibility index (Phi) is 2.94. The van der Waals surface area contributed by atoms with Crippen molar-refractivity contribution in [1.82, 2.24) is 9.55 Å². The van der Waals surface area contributed by atoms with Crippen LogP contribution in [0.2, 0.25) is 0 Å². The summed E-state index contributed by atoms with van der Waals surface area (Å²) in [6.45, 7) is 0. The lowest BCUT2D eigenvalue weighted by atomic mass is 10.1. The first kappa shape index (κ1) is 13.6. The number of rotatable bonds is 2. The van der Waals surface area contributed by atoms with E-state index in [0.717, 1.165) is 33.6 Å². The van der Waals surface area contributed by atoms with E-state index in [1.54, 1.807) is 7.11 Å². The van der Waals surface area contributed by atoms with E-state index in [2.05, 4.69) is 4.98 Å². The Hall–Kier alpha value is -3.08. The van der Waals surface area contributed by atoms with Crippen molar-refractivity contribution in [1.29, 1.82) is 0 Å². The molecule has 0 aliphatic carbocycles. The molecule has 0 unspecified atom stereocenters. The van der Waals surface area contributed by atoms with Gasteiger partial charge >= 0.3 is 5.55 Å². The van der Waals surface area contributed by atoms with Gasteiger partial charge in [0, 0.05) is 18.5 Å². The van der Waals surface area contributed by atoms with Gasteiger partial charge in [-0.05, 0) is 30.3 Å². The molecule has 0 aliphatic heterocycles. The number of aromatic nitrogens is 2. The van der Waals surface area contributed by atoms with E-state index in [0.29, 0.717) is 11.1 Å². The molecular weight excluding hydrogens is 290 g/mol. The third-order valence-corrected chi connectivity index (χ3v) is 4.03. The van der Waals surface area contributed by atoms with Gasteiger partial charge < -0.3 is 13.7 Å². The summed E-state index contributed by atoms with van der Waals surface area (Å²) in [6.07, 6.45) is 0. The van der Waals surface area contributed by atoms with Crippen LogP contribution in [0.3, 0.4) is 0 Å². The minimum absolute atomic E-state index is 0.337. The van der Waals surface area contributed by atoms with Gasteiger partial charge in [-0.25, -0.2) is 10.4 Å². The summed E-state index contributed by atoms with van der Waals surface area (Å²) in [5, 5.41) is 7.09. The van der Waals surface area contributed by atoms with Crippen molar-refractivity contribution in [3.63, 3.8) is 0 Å². The zero-order valence-electron chi connectivity index (χ0n) is 12.9. The van der Waals surface area contributed by atoms with Crippen molar-refractivity contribution < 1.29 is 14.6 Å². The van der Waals surface area contributed by atoms with Crippen molar-refractivity contribution in [2.75, 3.05) is 7.11 Å². The van der Waals surface area contributed by atoms with Crippen LogP contribution in [0.1, 0.15) is 0 Å². The van der Waals surface area contributed by atoms with E-state index < -0.39 is 0 Å². The van der Waals surface area contributed by atoms with E-state index in [1.807, 2.05) is 60.1 Å². The molecule has 114 valence electrons. The molecule has 2 aromatic carbocycles. The average Bonchev–Trinajstić information content (AvgIpc) is 2.91. The van der Waals surface area contributed by atoms with E-state index in [9.17, 15) is 0 Å². The highest BCUT2D eigenvalue weighted by Gasteiger charge is 2.16. The van der Waals surface area contributed by atoms with E-state index >= 15 is 0 Å². The Bertz CT molecular complexity index is 1090. The monoisotopic (exact) mass is 306 g/mol. The Labute approximate surface area is 132 Å². The summed E-state index contributed by atoms with van der Waals surface area (Å²) in [5.41, 5.74) is 3.78. The summed E-state index contributed by atoms with van der Waals surface area (Å²) >= 11 is 0. The second kappa shape index (κ2) is 4.98. The number of hydrogen-bond acceptors (Lipinski definition) is 3. The van der Waals surface area contributed by atoms with E-state index in [-0.39, 0.29) is 0 Å². The summed E-state index contributed by atoms with van der Waals surface area (Å²) in [7, 11) is 3.60. The lowest BCUT2D eigenvalue weighted by molar-refractivity contribution is -0.196. The minimum Gasteiger partial charge on any atom is -0.497 e. The SMILES string of the molecule is COc1ccc2cc(-c3nc4ccccc4n3C)c(=[NH2+])oc2c1. The predicted octanol–water partition coefficient (Wildman–Crippen LogP) is 1.65. The van der Waals surface area contributed by atoms with Gasteiger partial charge in [-0.3, -0.25) is 0 Å². The van der Waals surface area contributed by atoms with E-state index in [4.69, 9.17) is 14.6 Å². The van der Waals surface area contributed by atoms with Crippen molar-refractivity contribution in [3.05, 3.63) is 54.1 Å². The summed E-state index contributed by atoms with van der Waals surface area (Å²) in [5.74, 6) is 1.52. The van der Waals surface area contributed by atoms with Crippen LogP contribution in [0, 0.1) is 0 Å². The third kappa shape index (κ3) is 2.09. The van der Waals surface area contributed by atoms with Crippen LogP contribution >= 0.6 is 0 Å². The van der Waals surface area contributed by atoms with Crippen LogP contribution < -0.4 is 15.7 Å². The normalized spacial score (nSPS) is 11.2. The quantitative estimate of drug-likeness (QED) is 0.612. The molecule has 0 spiro atoms. The highest BCUT2D eigenvalue weighted by atomic mass is 16.5. The molecule has 4 rings (SSSR count). The first-order valence-electron chi connectivity index (χ1n) is 7.29. The summed E-state index contributed by atoms with van der Waals surface area (Å²) < 4.78 is 13.0. The molecule has 0 saturated carbocycles. The van der Waals surface area contributed by atoms with Gasteiger partial charge in [-0.1, -0.05) is 12.1 Å². The highest BCUT2D eigenvalue weighted by molar-refractivity contribution is 5.84. The molecule has 0 saturated heterocycles. The fourth-order valence-corrected chi connectivity index (χ4v) is 2.81. The average molecular weight is 306 g/mol. The van der Waals surface area contributed by atoms with Crippen LogP contribution in [0.5, 0.6) is 5.75 Å². The number of para-hydroxylation sites is 2. The van der Waals surface area contributed by atoms with Gasteiger partial charge in [0.15, 0.2) is 5.82 Å². The molecule has 0 bridgehead atoms. The van der Waals surface area contributed by atoms with Gasteiger partial charge in [0.05, 0.1) is 18.1 Å². The van der Waals surface area contributed by atoms with Crippen molar-refractivity contribution in [3.8, 4) is 17.1 Å². The zero-order chi connectivity index (χ0) is 16.0. The number of aryl methyl sites for hydroxylation is 1. The highest BCUT2D eigenvalue weighted by Crippen LogP contribution is 2.25. The van der Waals surface area contributed by atoms with Gasteiger partial charge in [0.1, 0.15) is 16.9 Å². The van der Waals surface area contributed by atoms with Crippen molar-refractivity contribution in [2.24, 2.45) is 7.05 Å². The Morgan fingerprint density at radius 2 is 1.96 bits per heavy atom. The molecule has 0 radical (unpaired) electrons. The topological polar surface area (TPSA) is 65.8 Å². The molecule has 2 N–H and O–H groups in total. The zero-order valence-corrected chi connectivity index (χ0v) is 12.9. The second-order valence-corrected chi connectivity index (χ2v) is 5.41. The number of ether oxygens (including phenoxy) is 1. The number of imidazole rings is 1. The molecule has 0 amide bonds. The first-order valence-corrected chi connectivity index (χ1v) is 7.29. The Morgan fingerprint density at radius 1 is 1.13 bits per heavy atom. The Balaban J connectivity index is 1.99. The van der Waals surface area contributed by atoms with Crippen LogP contribution in [-0.4, -0.2) is 16.7 Å². The molecule has 5 nitrogen and oxygen atoms in total. The molecule has 5 heteroatoms. The fraction of sp³-hybridized carbons (Fsp3) is 0.111. The minimum atomic E-state index is 0.337. The van der Waals surface area contributed by atoms with Crippen molar-refractivity contribution in [2.45, 2.75) is 0 Å². The lowest BCUT2D eigenvalue weighted by Crippen LogP contribution is -2.45. The molecule has 4 aromatic rings. The summed E-state index contributed by atoms with van der Waals surface area (Å²) in [6, 6.07) is 15.6. The lowest BCUT2D eigenvalue weighted by Gasteiger charge is -2.04. The van der Waals surface area contributed by atoms with Gasteiger partial charge in [-0.2, -0.15) is 0 Å². The molecular formula is C18H16N3O2+. The van der Waals surface area contributed by atoms with Gasteiger partial charge in [0.2, 0.25) is 0 Å². The third-order valence-electron chi connectivity index (χ3n) is 4.03. The number of fused-ring (bicyclic) bond motifs is 2. The fourth-order valence-electron chi connectivity index (χ4n) is 2.81. The first-order chi connectivity index (χ1) is 11.2. The van der Waals surface area contributed by atoms with Gasteiger partial charge in [-0.15, -0.1) is 0 Å². The van der Waals surface area contributed by atoms with Crippen LogP contribution in [-0.2, 0) is 7.05 Å². The maximum Gasteiger partial charge on any atom is 0.375 e. The van der Waals surface area contributed by atoms with E-state index in [1.165, 1.54) is 0 Å². The number of nitrogens with two attached hydrogens (primary N) is 1. The summed E-state index contributed by atoms with van der Waals surface area (Å²) in [4.78, 5) is 4.68. The predicted molar refractivity (Wildman–Crippen MR) is 87.5 cm³/mol. The van der Waals surface area contributed by atoms with Crippen molar-refractivity contribution >= 4 is 22.0 Å². The van der Waals surface area contributed by atoms with Crippen LogP contribution in [0.25, 0.3) is 33.4 Å². The molecule has 0 atom stereocenters. The second-order valence-electron chi connectivity index (χ2n) is 5.41. The number of benzene rings is 2. The number of hydrogen-bond donors (Lipinski definition) is 1. The standard InChI is InChI=1S/C18H15N3O2/c1-21-15-6-4-3-5-14(15)20-18(21)13-9-11-7-8-12(22-2)10-16(11)23-17(13)19/h3-10,19H,1-2H3/p+1.